The molecule has 0 aliphatic heterocycles. The maximum absolute atomic E-state index is 12.3. The molecular weight excluding hydrogens is 638 g/mol. The maximum atomic E-state index is 12.3. The largest absolute Gasteiger partial charge is 0.496 e. The summed E-state index contributed by atoms with van der Waals surface area (Å²) in [7, 11) is 1.51. The van der Waals surface area contributed by atoms with Gasteiger partial charge in [0.05, 0.1) is 31.6 Å². The number of hydrogen-bond acceptors (Lipinski definition) is 5. The third-order valence-electron chi connectivity index (χ3n) is 4.34. The summed E-state index contributed by atoms with van der Waals surface area (Å²) in [5, 5.41) is 13.0. The molecule has 0 radical (unpaired) electrons. The molecule has 0 saturated heterocycles. The molecule has 3 aromatic rings. The van der Waals surface area contributed by atoms with Gasteiger partial charge in [-0.05, 0) is 92.7 Å². The van der Waals surface area contributed by atoms with Crippen molar-refractivity contribution in [1.29, 1.82) is 0 Å². The minimum atomic E-state index is -0.960. The van der Waals surface area contributed by atoms with Gasteiger partial charge in [0, 0.05) is 0 Å². The number of ether oxygens (including phenoxy) is 2. The Labute approximate surface area is 212 Å². The molecule has 9 heteroatoms. The Balaban J connectivity index is 1.64. The van der Waals surface area contributed by atoms with E-state index in [9.17, 15) is 9.59 Å². The number of nitrogens with zero attached hydrogens (tertiary/aromatic N) is 1. The van der Waals surface area contributed by atoms with Gasteiger partial charge in [-0.1, -0.05) is 24.3 Å². The summed E-state index contributed by atoms with van der Waals surface area (Å²) in [5.74, 6) is -0.123. The van der Waals surface area contributed by atoms with E-state index in [1.165, 1.54) is 7.11 Å². The van der Waals surface area contributed by atoms with Gasteiger partial charge in [-0.2, -0.15) is 5.10 Å². The molecule has 0 aliphatic rings. The number of hydrogen-bond donors (Lipinski definition) is 2. The lowest BCUT2D eigenvalue weighted by molar-refractivity contribution is 0.0696. The van der Waals surface area contributed by atoms with E-state index >= 15 is 0 Å². The fourth-order valence-corrected chi connectivity index (χ4v) is 4.88. The van der Waals surface area contributed by atoms with Crippen LogP contribution < -0.4 is 14.9 Å². The Hall–Kier alpha value is -2.67. The second-order valence-electron chi connectivity index (χ2n) is 6.50. The molecule has 0 spiro atoms. The number of methoxy groups -OCH3 is 1. The number of carbonyl (C=O) groups excluding carboxylic acids is 1. The van der Waals surface area contributed by atoms with Gasteiger partial charge >= 0.3 is 5.97 Å². The molecule has 0 unspecified atom stereocenters. The molecule has 32 heavy (non-hydrogen) atoms. The third kappa shape index (κ3) is 6.19. The Morgan fingerprint density at radius 1 is 1.06 bits per heavy atom. The molecule has 7 nitrogen and oxygen atoms in total. The first-order valence-corrected chi connectivity index (χ1v) is 11.4. The third-order valence-corrected chi connectivity index (χ3v) is 5.94. The van der Waals surface area contributed by atoms with Gasteiger partial charge in [-0.3, -0.25) is 4.79 Å². The maximum Gasteiger partial charge on any atom is 0.335 e. The number of halogens is 2. The van der Waals surface area contributed by atoms with Crippen LogP contribution in [0.5, 0.6) is 11.5 Å². The Bertz CT molecular complexity index is 1140. The van der Waals surface area contributed by atoms with Gasteiger partial charge in [0.1, 0.15) is 18.1 Å². The van der Waals surface area contributed by atoms with Gasteiger partial charge < -0.3 is 14.6 Å². The topological polar surface area (TPSA) is 97.2 Å². The summed E-state index contributed by atoms with van der Waals surface area (Å²) in [6.45, 7) is 0.314. The lowest BCUT2D eigenvalue weighted by atomic mass is 10.1. The molecule has 3 rings (SSSR count). The summed E-state index contributed by atoms with van der Waals surface area (Å²) < 4.78 is 12.9. The van der Waals surface area contributed by atoms with Crippen molar-refractivity contribution in [2.75, 3.05) is 7.11 Å². The number of benzene rings is 3. The van der Waals surface area contributed by atoms with E-state index in [4.69, 9.17) is 14.6 Å². The standard InChI is InChI=1S/C23H18I2N2O5/c1-31-20-5-3-2-4-17(20)22(28)27-26-12-15-10-18(24)21(19(25)11-15)32-13-14-6-8-16(9-7-14)23(29)30/h2-12H,13H2,1H3,(H,27,28)(H,29,30)/b26-12-. The van der Waals surface area contributed by atoms with Crippen molar-refractivity contribution >= 4 is 63.3 Å². The van der Waals surface area contributed by atoms with Crippen LogP contribution in [0.3, 0.4) is 0 Å². The normalized spacial score (nSPS) is 10.7. The lowest BCUT2D eigenvalue weighted by Crippen LogP contribution is -2.18. The zero-order valence-electron chi connectivity index (χ0n) is 16.8. The smallest absolute Gasteiger partial charge is 0.335 e. The van der Waals surface area contributed by atoms with E-state index in [1.807, 2.05) is 12.1 Å². The van der Waals surface area contributed by atoms with Crippen LogP contribution in [0, 0.1) is 7.14 Å². The zero-order valence-corrected chi connectivity index (χ0v) is 21.2. The quantitative estimate of drug-likeness (QED) is 0.204. The lowest BCUT2D eigenvalue weighted by Gasteiger charge is -2.11. The van der Waals surface area contributed by atoms with Crippen LogP contribution >= 0.6 is 45.2 Å². The fourth-order valence-electron chi connectivity index (χ4n) is 2.75. The van der Waals surface area contributed by atoms with Crippen molar-refractivity contribution in [3.8, 4) is 11.5 Å². The zero-order chi connectivity index (χ0) is 23.1. The van der Waals surface area contributed by atoms with Crippen LogP contribution in [0.4, 0.5) is 0 Å². The average Bonchev–Trinajstić information content (AvgIpc) is 2.78. The van der Waals surface area contributed by atoms with Crippen LogP contribution in [0.15, 0.2) is 65.8 Å². The van der Waals surface area contributed by atoms with Crippen molar-refractivity contribution < 1.29 is 24.2 Å². The van der Waals surface area contributed by atoms with E-state index in [0.717, 1.165) is 24.0 Å². The molecule has 0 bridgehead atoms. The summed E-state index contributed by atoms with van der Waals surface area (Å²) >= 11 is 4.36. The highest BCUT2D eigenvalue weighted by molar-refractivity contribution is 14.1. The summed E-state index contributed by atoms with van der Waals surface area (Å²) in [5.41, 5.74) is 4.81. The number of carboxylic acids is 1. The van der Waals surface area contributed by atoms with E-state index in [-0.39, 0.29) is 11.5 Å². The highest BCUT2D eigenvalue weighted by Crippen LogP contribution is 2.29. The van der Waals surface area contributed by atoms with Gasteiger partial charge in [-0.15, -0.1) is 0 Å². The molecule has 164 valence electrons. The van der Waals surface area contributed by atoms with Crippen molar-refractivity contribution in [3.05, 3.63) is 90.1 Å². The average molecular weight is 656 g/mol. The summed E-state index contributed by atoms with van der Waals surface area (Å²) in [4.78, 5) is 23.3. The highest BCUT2D eigenvalue weighted by atomic mass is 127. The van der Waals surface area contributed by atoms with Crippen LogP contribution in [0.2, 0.25) is 0 Å². The van der Waals surface area contributed by atoms with Crippen LogP contribution in [0.1, 0.15) is 31.8 Å². The first-order valence-electron chi connectivity index (χ1n) is 9.29. The Kier molecular flexibility index (Phi) is 8.45. The predicted molar refractivity (Wildman–Crippen MR) is 138 cm³/mol. The van der Waals surface area contributed by atoms with Gasteiger partial charge in [0.25, 0.3) is 5.91 Å². The van der Waals surface area contributed by atoms with E-state index < -0.39 is 5.97 Å². The van der Waals surface area contributed by atoms with Gasteiger partial charge in [-0.25, -0.2) is 10.2 Å². The van der Waals surface area contributed by atoms with Gasteiger partial charge in [0.2, 0.25) is 0 Å². The van der Waals surface area contributed by atoms with Crippen molar-refractivity contribution in [2.24, 2.45) is 5.10 Å². The van der Waals surface area contributed by atoms with Crippen LogP contribution in [-0.4, -0.2) is 30.3 Å². The van der Waals surface area contributed by atoms with Crippen molar-refractivity contribution in [2.45, 2.75) is 6.61 Å². The fraction of sp³-hybridized carbons (Fsp3) is 0.0870. The van der Waals surface area contributed by atoms with Crippen molar-refractivity contribution in [1.82, 2.24) is 5.43 Å². The number of aromatic carboxylic acids is 1. The monoisotopic (exact) mass is 656 g/mol. The molecule has 0 heterocycles. The number of amides is 1. The number of carboxylic acid groups (broad SMARTS) is 1. The second kappa shape index (κ2) is 11.3. The van der Waals surface area contributed by atoms with Crippen LogP contribution in [-0.2, 0) is 6.61 Å². The van der Waals surface area contributed by atoms with E-state index in [2.05, 4.69) is 55.7 Å². The number of rotatable bonds is 8. The molecule has 0 aromatic heterocycles. The molecule has 0 atom stereocenters. The molecule has 1 amide bonds. The predicted octanol–water partition coefficient (Wildman–Crippen LogP) is 4.95. The number of carbonyl (C=O) groups is 2. The second-order valence-corrected chi connectivity index (χ2v) is 8.83. The summed E-state index contributed by atoms with van der Waals surface area (Å²) in [6.07, 6.45) is 1.56. The molecule has 0 saturated carbocycles. The molecule has 0 fully saturated rings. The number of nitrogens with one attached hydrogen (secondary N) is 1. The molecule has 0 aliphatic carbocycles. The molecular formula is C23H18I2N2O5. The Morgan fingerprint density at radius 2 is 1.72 bits per heavy atom. The highest BCUT2D eigenvalue weighted by Gasteiger charge is 2.11. The summed E-state index contributed by atoms with van der Waals surface area (Å²) in [6, 6.07) is 17.3. The minimum Gasteiger partial charge on any atom is -0.496 e. The van der Waals surface area contributed by atoms with E-state index in [1.54, 1.807) is 54.7 Å². The first kappa shape index (κ1) is 24.0. The van der Waals surface area contributed by atoms with Gasteiger partial charge in [0.15, 0.2) is 0 Å². The van der Waals surface area contributed by atoms with Crippen LogP contribution in [0.25, 0.3) is 0 Å². The minimum absolute atomic E-state index is 0.236. The number of hydrazone groups is 1. The SMILES string of the molecule is COc1ccccc1C(=O)N/N=C\c1cc(I)c(OCc2ccc(C(=O)O)cc2)c(I)c1. The van der Waals surface area contributed by atoms with E-state index in [0.29, 0.717) is 17.9 Å². The number of para-hydroxylation sites is 1. The molecule has 2 N–H and O–H groups in total. The first-order chi connectivity index (χ1) is 15.4. The van der Waals surface area contributed by atoms with Crippen molar-refractivity contribution in [3.63, 3.8) is 0 Å². The molecule has 3 aromatic carbocycles. The Morgan fingerprint density at radius 3 is 2.34 bits per heavy atom.